The number of nitrogens with one attached hydrogen (secondary N) is 2. The Bertz CT molecular complexity index is 1170. The highest BCUT2D eigenvalue weighted by Gasteiger charge is 2.45. The Morgan fingerprint density at radius 2 is 1.95 bits per heavy atom. The molecule has 0 radical (unpaired) electrons. The number of rotatable bonds is 14. The molecule has 2 aliphatic carbocycles. The molecule has 4 atom stereocenters. The number of unbranched alkanes of at least 4 members (excludes halogenated alkanes) is 3. The standard InChI is InChI=1S/C27H37FN4O5S/c28-19-9-6-10-20(17-19)30-23(27(35)32-15-7-12-24(32)25(29)33)11-5-3-1-2-4-8-18-16-22(18)26(34)31-38(36,37)21-13-14-21/h4,6,8-10,17-18,21-24,30H,1-3,5,7,11-16H2,(H2,29,33)(H,31,34)/b8-4-/t18-,22+,23+,24+/m1/s1. The fourth-order valence-electron chi connectivity index (χ4n) is 5.03. The topological polar surface area (TPSA) is 139 Å². The molecule has 4 rings (SSSR count). The highest BCUT2D eigenvalue weighted by Crippen LogP contribution is 2.40. The molecule has 0 bridgehead atoms. The summed E-state index contributed by atoms with van der Waals surface area (Å²) in [5.74, 6) is -1.69. The molecule has 0 aromatic heterocycles. The molecule has 38 heavy (non-hydrogen) atoms. The normalized spacial score (nSPS) is 23.8. The number of primary amides is 1. The number of carbonyl (C=O) groups is 3. The van der Waals surface area contributed by atoms with Gasteiger partial charge in [-0.1, -0.05) is 31.1 Å². The van der Waals surface area contributed by atoms with Crippen molar-refractivity contribution in [3.63, 3.8) is 0 Å². The second kappa shape index (κ2) is 12.3. The Hall–Kier alpha value is -2.95. The molecule has 3 aliphatic rings. The van der Waals surface area contributed by atoms with Crippen LogP contribution in [0.3, 0.4) is 0 Å². The summed E-state index contributed by atoms with van der Waals surface area (Å²) < 4.78 is 39.7. The lowest BCUT2D eigenvalue weighted by Gasteiger charge is -2.28. The van der Waals surface area contributed by atoms with Crippen LogP contribution in [0.4, 0.5) is 10.1 Å². The van der Waals surface area contributed by atoms with Crippen molar-refractivity contribution in [3.05, 3.63) is 42.2 Å². The lowest BCUT2D eigenvalue weighted by Crippen LogP contribution is -2.49. The fraction of sp³-hybridized carbons (Fsp3) is 0.593. The maximum Gasteiger partial charge on any atom is 0.245 e. The van der Waals surface area contributed by atoms with Gasteiger partial charge in [0.25, 0.3) is 0 Å². The van der Waals surface area contributed by atoms with Crippen molar-refractivity contribution >= 4 is 33.4 Å². The smallest absolute Gasteiger partial charge is 0.245 e. The number of nitrogens with two attached hydrogens (primary N) is 1. The summed E-state index contributed by atoms with van der Waals surface area (Å²) in [6.07, 6.45) is 11.1. The van der Waals surface area contributed by atoms with Gasteiger partial charge in [0.15, 0.2) is 0 Å². The van der Waals surface area contributed by atoms with Crippen molar-refractivity contribution in [1.29, 1.82) is 0 Å². The van der Waals surface area contributed by atoms with E-state index in [2.05, 4.69) is 10.0 Å². The van der Waals surface area contributed by atoms with E-state index in [0.29, 0.717) is 44.3 Å². The van der Waals surface area contributed by atoms with Crippen LogP contribution < -0.4 is 15.8 Å². The first-order chi connectivity index (χ1) is 18.2. The highest BCUT2D eigenvalue weighted by molar-refractivity contribution is 7.90. The van der Waals surface area contributed by atoms with Crippen molar-refractivity contribution in [1.82, 2.24) is 9.62 Å². The maximum absolute atomic E-state index is 13.7. The second-order valence-corrected chi connectivity index (χ2v) is 12.5. The van der Waals surface area contributed by atoms with Crippen LogP contribution in [0.1, 0.15) is 64.2 Å². The molecule has 3 fully saturated rings. The van der Waals surface area contributed by atoms with E-state index in [1.165, 1.54) is 12.1 Å². The maximum atomic E-state index is 13.7. The van der Waals surface area contributed by atoms with Gasteiger partial charge < -0.3 is 16.0 Å². The predicted octanol–water partition coefficient (Wildman–Crippen LogP) is 2.83. The zero-order valence-electron chi connectivity index (χ0n) is 21.5. The number of allylic oxidation sites excluding steroid dienone is 2. The quantitative estimate of drug-likeness (QED) is 0.241. The predicted molar refractivity (Wildman–Crippen MR) is 142 cm³/mol. The van der Waals surface area contributed by atoms with Crippen LogP contribution in [-0.4, -0.2) is 54.9 Å². The van der Waals surface area contributed by atoms with Crippen molar-refractivity contribution < 1.29 is 27.2 Å². The van der Waals surface area contributed by atoms with E-state index in [0.717, 1.165) is 32.1 Å². The molecule has 3 amide bonds. The Morgan fingerprint density at radius 3 is 2.66 bits per heavy atom. The number of benzene rings is 1. The third kappa shape index (κ3) is 7.55. The van der Waals surface area contributed by atoms with Crippen LogP contribution >= 0.6 is 0 Å². The molecule has 9 nitrogen and oxygen atoms in total. The summed E-state index contributed by atoms with van der Waals surface area (Å²) in [5, 5.41) is 2.74. The summed E-state index contributed by atoms with van der Waals surface area (Å²) >= 11 is 0. The molecule has 2 saturated carbocycles. The third-order valence-corrected chi connectivity index (χ3v) is 9.29. The SMILES string of the molecule is NC(=O)[C@@H]1CCCN1C(=O)[C@H](CCCCC/C=C\[C@@H]1C[C@@H]1C(=O)NS(=O)(=O)C1CC1)Nc1cccc(F)c1. The van der Waals surface area contributed by atoms with Gasteiger partial charge in [0, 0.05) is 18.2 Å². The lowest BCUT2D eigenvalue weighted by atomic mass is 10.0. The summed E-state index contributed by atoms with van der Waals surface area (Å²) in [6, 6.07) is 4.76. The van der Waals surface area contributed by atoms with E-state index in [1.54, 1.807) is 17.0 Å². The van der Waals surface area contributed by atoms with Crippen molar-refractivity contribution in [2.24, 2.45) is 17.6 Å². The van der Waals surface area contributed by atoms with Crippen molar-refractivity contribution in [3.8, 4) is 0 Å². The lowest BCUT2D eigenvalue weighted by molar-refractivity contribution is -0.138. The van der Waals surface area contributed by atoms with Gasteiger partial charge in [-0.3, -0.25) is 19.1 Å². The van der Waals surface area contributed by atoms with Crippen LogP contribution in [0.2, 0.25) is 0 Å². The zero-order valence-corrected chi connectivity index (χ0v) is 22.3. The molecule has 1 aliphatic heterocycles. The van der Waals surface area contributed by atoms with Gasteiger partial charge in [0.05, 0.1) is 5.25 Å². The molecule has 4 N–H and O–H groups in total. The Kier molecular flexibility index (Phi) is 9.07. The first kappa shape index (κ1) is 28.1. The average Bonchev–Trinajstić information content (AvgIpc) is 3.79. The molecule has 0 unspecified atom stereocenters. The largest absolute Gasteiger partial charge is 0.374 e. The molecule has 11 heteroatoms. The Morgan fingerprint density at radius 1 is 1.16 bits per heavy atom. The molecule has 1 heterocycles. The van der Waals surface area contributed by atoms with Gasteiger partial charge in [0.1, 0.15) is 17.9 Å². The number of sulfonamides is 1. The number of hydrogen-bond acceptors (Lipinski definition) is 6. The first-order valence-corrected chi connectivity index (χ1v) is 15.0. The van der Waals surface area contributed by atoms with Gasteiger partial charge in [-0.2, -0.15) is 0 Å². The van der Waals surface area contributed by atoms with Crippen LogP contribution in [0.15, 0.2) is 36.4 Å². The van der Waals surface area contributed by atoms with Gasteiger partial charge in [0.2, 0.25) is 27.7 Å². The summed E-state index contributed by atoms with van der Waals surface area (Å²) in [4.78, 5) is 38.8. The van der Waals surface area contributed by atoms with Crippen LogP contribution in [0, 0.1) is 17.7 Å². The monoisotopic (exact) mass is 548 g/mol. The zero-order chi connectivity index (χ0) is 27.3. The number of amides is 3. The van der Waals surface area contributed by atoms with Gasteiger partial charge in [-0.25, -0.2) is 12.8 Å². The van der Waals surface area contributed by atoms with Crippen LogP contribution in [-0.2, 0) is 24.4 Å². The number of anilines is 1. The number of nitrogens with zero attached hydrogens (tertiary/aromatic N) is 1. The first-order valence-electron chi connectivity index (χ1n) is 13.5. The number of likely N-dealkylation sites (tertiary alicyclic amines) is 1. The number of carbonyl (C=O) groups excluding carboxylic acids is 3. The van der Waals surface area contributed by atoms with Crippen molar-refractivity contribution in [2.45, 2.75) is 81.5 Å². The van der Waals surface area contributed by atoms with E-state index < -0.39 is 45.0 Å². The third-order valence-electron chi connectivity index (χ3n) is 7.46. The van der Waals surface area contributed by atoms with Crippen LogP contribution in [0.25, 0.3) is 0 Å². The van der Waals surface area contributed by atoms with Gasteiger partial charge >= 0.3 is 0 Å². The number of halogens is 1. The fourth-order valence-corrected chi connectivity index (χ4v) is 6.38. The summed E-state index contributed by atoms with van der Waals surface area (Å²) in [7, 11) is -3.50. The van der Waals surface area contributed by atoms with Gasteiger partial charge in [-0.15, -0.1) is 0 Å². The second-order valence-electron chi connectivity index (χ2n) is 10.6. The number of hydrogen-bond donors (Lipinski definition) is 3. The molecule has 0 spiro atoms. The average molecular weight is 549 g/mol. The highest BCUT2D eigenvalue weighted by atomic mass is 32.2. The molecule has 1 saturated heterocycles. The molecule has 1 aromatic rings. The minimum atomic E-state index is -3.50. The molecular weight excluding hydrogens is 511 g/mol. The Balaban J connectivity index is 1.21. The van der Waals surface area contributed by atoms with E-state index in [-0.39, 0.29) is 17.7 Å². The molecule has 208 valence electrons. The van der Waals surface area contributed by atoms with Crippen LogP contribution in [0.5, 0.6) is 0 Å². The van der Waals surface area contributed by atoms with E-state index >= 15 is 0 Å². The Labute approximate surface area is 223 Å². The van der Waals surface area contributed by atoms with Gasteiger partial charge in [-0.05, 0) is 75.5 Å². The summed E-state index contributed by atoms with van der Waals surface area (Å²) in [6.45, 7) is 0.477. The van der Waals surface area contributed by atoms with E-state index in [4.69, 9.17) is 5.73 Å². The summed E-state index contributed by atoms with van der Waals surface area (Å²) in [5.41, 5.74) is 6.01. The minimum Gasteiger partial charge on any atom is -0.374 e. The molecule has 1 aromatic carbocycles. The van der Waals surface area contributed by atoms with E-state index in [1.807, 2.05) is 12.2 Å². The van der Waals surface area contributed by atoms with Crippen molar-refractivity contribution in [2.75, 3.05) is 11.9 Å². The molecular formula is C27H37FN4O5S. The minimum absolute atomic E-state index is 0.0838. The van der Waals surface area contributed by atoms with E-state index in [9.17, 15) is 27.2 Å².